The lowest BCUT2D eigenvalue weighted by atomic mass is 10.0. The first-order chi connectivity index (χ1) is 13.8. The molecule has 3 N–H and O–H groups in total. The van der Waals surface area contributed by atoms with Gasteiger partial charge in [-0.25, -0.2) is 4.79 Å². The Labute approximate surface area is 170 Å². The van der Waals surface area contributed by atoms with Crippen molar-refractivity contribution in [2.75, 3.05) is 5.32 Å². The van der Waals surface area contributed by atoms with E-state index >= 15 is 0 Å². The molecular weight excluding hydrogens is 366 g/mol. The molecule has 1 unspecified atom stereocenters. The van der Waals surface area contributed by atoms with Gasteiger partial charge in [0.25, 0.3) is 5.91 Å². The molecule has 0 radical (unpaired) electrons. The number of hydrogen-bond acceptors (Lipinski definition) is 3. The van der Waals surface area contributed by atoms with Gasteiger partial charge in [0.15, 0.2) is 0 Å². The number of para-hydroxylation sites is 1. The number of nitrogens with one attached hydrogen (secondary N) is 3. The molecule has 1 heterocycles. The van der Waals surface area contributed by atoms with E-state index in [9.17, 15) is 9.59 Å². The van der Waals surface area contributed by atoms with Crippen LogP contribution in [-0.4, -0.2) is 17.5 Å². The summed E-state index contributed by atoms with van der Waals surface area (Å²) >= 11 is 0. The largest absolute Gasteiger partial charge is 0.459 e. The van der Waals surface area contributed by atoms with Gasteiger partial charge in [-0.2, -0.15) is 0 Å². The first-order valence-corrected chi connectivity index (χ1v) is 9.76. The van der Waals surface area contributed by atoms with Crippen LogP contribution in [0.5, 0.6) is 0 Å². The van der Waals surface area contributed by atoms with Crippen LogP contribution < -0.4 is 16.0 Å². The molecule has 6 nitrogen and oxygen atoms in total. The van der Waals surface area contributed by atoms with Crippen molar-refractivity contribution in [2.24, 2.45) is 0 Å². The van der Waals surface area contributed by atoms with E-state index in [2.05, 4.69) is 16.0 Å². The Bertz CT molecular complexity index is 973. The maximum atomic E-state index is 12.3. The summed E-state index contributed by atoms with van der Waals surface area (Å²) in [5, 5.41) is 9.62. The van der Waals surface area contributed by atoms with E-state index in [0.717, 1.165) is 17.4 Å². The molecule has 1 aromatic heterocycles. The molecule has 152 valence electrons. The third-order valence-electron chi connectivity index (χ3n) is 4.96. The van der Waals surface area contributed by atoms with Crippen LogP contribution in [-0.2, 0) is 0 Å². The number of urea groups is 1. The second-order valence-corrected chi connectivity index (χ2v) is 7.78. The molecule has 0 aliphatic heterocycles. The van der Waals surface area contributed by atoms with Gasteiger partial charge in [0.05, 0.1) is 6.04 Å². The zero-order chi connectivity index (χ0) is 21.0. The lowest BCUT2D eigenvalue weighted by molar-refractivity contribution is 0.0911. The van der Waals surface area contributed by atoms with Crippen molar-refractivity contribution in [3.8, 4) is 0 Å². The van der Waals surface area contributed by atoms with E-state index in [4.69, 9.17) is 4.42 Å². The number of carbonyl (C=O) groups is 2. The molecule has 1 atom stereocenters. The van der Waals surface area contributed by atoms with E-state index < -0.39 is 0 Å². The number of furan rings is 1. The second kappa shape index (κ2) is 8.39. The normalized spacial score (nSPS) is 12.4. The number of anilines is 1. The summed E-state index contributed by atoms with van der Waals surface area (Å²) in [7, 11) is 0. The lowest BCUT2D eigenvalue weighted by Gasteiger charge is -2.24. The Morgan fingerprint density at radius 1 is 1.07 bits per heavy atom. The van der Waals surface area contributed by atoms with E-state index in [1.807, 2.05) is 58.0 Å². The Kier molecular flexibility index (Phi) is 5.92. The highest BCUT2D eigenvalue weighted by Crippen LogP contribution is 2.23. The Balaban J connectivity index is 1.58. The van der Waals surface area contributed by atoms with Crippen molar-refractivity contribution in [3.05, 3.63) is 65.9 Å². The van der Waals surface area contributed by atoms with Crippen LogP contribution in [0.25, 0.3) is 11.0 Å². The van der Waals surface area contributed by atoms with Crippen LogP contribution in [0.3, 0.4) is 0 Å². The van der Waals surface area contributed by atoms with Crippen molar-refractivity contribution in [3.63, 3.8) is 0 Å². The number of carbonyl (C=O) groups excluding carboxylic acids is 2. The SMILES string of the molecule is CCC(C)(C)NC(=O)c1ccc(NC(=O)NC(C)c2cc3ccccc3o2)cc1. The third-order valence-corrected chi connectivity index (χ3v) is 4.96. The van der Waals surface area contributed by atoms with Crippen LogP contribution >= 0.6 is 0 Å². The van der Waals surface area contributed by atoms with Gasteiger partial charge in [0.2, 0.25) is 0 Å². The zero-order valence-electron chi connectivity index (χ0n) is 17.2. The topological polar surface area (TPSA) is 83.4 Å². The number of fused-ring (bicyclic) bond motifs is 1. The van der Waals surface area contributed by atoms with Gasteiger partial charge >= 0.3 is 6.03 Å². The van der Waals surface area contributed by atoms with Crippen molar-refractivity contribution in [1.82, 2.24) is 10.6 Å². The highest BCUT2D eigenvalue weighted by Gasteiger charge is 2.19. The number of amides is 3. The third kappa shape index (κ3) is 5.16. The minimum Gasteiger partial charge on any atom is -0.459 e. The van der Waals surface area contributed by atoms with E-state index in [0.29, 0.717) is 17.0 Å². The first kappa shape index (κ1) is 20.5. The fourth-order valence-corrected chi connectivity index (χ4v) is 2.82. The predicted octanol–water partition coefficient (Wildman–Crippen LogP) is 5.23. The smallest absolute Gasteiger partial charge is 0.319 e. The summed E-state index contributed by atoms with van der Waals surface area (Å²) in [5.74, 6) is 0.554. The monoisotopic (exact) mass is 393 g/mol. The summed E-state index contributed by atoms with van der Waals surface area (Å²) < 4.78 is 5.79. The molecule has 0 fully saturated rings. The Morgan fingerprint density at radius 2 is 1.76 bits per heavy atom. The molecule has 0 aliphatic carbocycles. The van der Waals surface area contributed by atoms with Crippen LogP contribution in [0.4, 0.5) is 10.5 Å². The predicted molar refractivity (Wildman–Crippen MR) is 115 cm³/mol. The molecule has 29 heavy (non-hydrogen) atoms. The Morgan fingerprint density at radius 3 is 2.41 bits per heavy atom. The molecule has 0 aliphatic rings. The summed E-state index contributed by atoms with van der Waals surface area (Å²) in [4.78, 5) is 24.6. The van der Waals surface area contributed by atoms with E-state index in [1.54, 1.807) is 24.3 Å². The zero-order valence-corrected chi connectivity index (χ0v) is 17.2. The summed E-state index contributed by atoms with van der Waals surface area (Å²) in [6.07, 6.45) is 0.835. The minimum atomic E-state index is -0.345. The molecule has 3 rings (SSSR count). The average Bonchev–Trinajstić information content (AvgIpc) is 3.12. The number of hydrogen-bond donors (Lipinski definition) is 3. The highest BCUT2D eigenvalue weighted by molar-refractivity contribution is 5.96. The quantitative estimate of drug-likeness (QED) is 0.536. The van der Waals surface area contributed by atoms with Gasteiger partial charge in [-0.3, -0.25) is 4.79 Å². The van der Waals surface area contributed by atoms with Gasteiger partial charge in [0, 0.05) is 22.2 Å². The molecule has 0 spiro atoms. The van der Waals surface area contributed by atoms with Gasteiger partial charge in [-0.05, 0) is 63.6 Å². The van der Waals surface area contributed by atoms with Crippen LogP contribution in [0.1, 0.15) is 56.3 Å². The maximum Gasteiger partial charge on any atom is 0.319 e. The summed E-state index contributed by atoms with van der Waals surface area (Å²) in [6.45, 7) is 7.85. The average molecular weight is 393 g/mol. The fraction of sp³-hybridized carbons (Fsp3) is 0.304. The van der Waals surface area contributed by atoms with Gasteiger partial charge in [-0.1, -0.05) is 25.1 Å². The molecule has 0 saturated heterocycles. The summed E-state index contributed by atoms with van der Waals surface area (Å²) in [6, 6.07) is 15.8. The number of rotatable bonds is 6. The second-order valence-electron chi connectivity index (χ2n) is 7.78. The molecule has 6 heteroatoms. The fourth-order valence-electron chi connectivity index (χ4n) is 2.82. The van der Waals surface area contributed by atoms with Crippen molar-refractivity contribution >= 4 is 28.6 Å². The van der Waals surface area contributed by atoms with E-state index in [-0.39, 0.29) is 23.5 Å². The molecule has 0 saturated carbocycles. The Hall–Kier alpha value is -3.28. The molecular formula is C23H27N3O3. The van der Waals surface area contributed by atoms with Gasteiger partial charge < -0.3 is 20.4 Å². The van der Waals surface area contributed by atoms with E-state index in [1.165, 1.54) is 0 Å². The van der Waals surface area contributed by atoms with Crippen molar-refractivity contribution in [1.29, 1.82) is 0 Å². The van der Waals surface area contributed by atoms with Crippen molar-refractivity contribution < 1.29 is 14.0 Å². The summed E-state index contributed by atoms with van der Waals surface area (Å²) in [5.41, 5.74) is 1.68. The first-order valence-electron chi connectivity index (χ1n) is 9.76. The maximum absolute atomic E-state index is 12.3. The molecule has 3 aromatic rings. The molecule has 3 amide bonds. The standard InChI is InChI=1S/C23H27N3O3/c1-5-23(3,4)26-21(27)16-10-12-18(13-11-16)25-22(28)24-15(2)20-14-17-8-6-7-9-19(17)29-20/h6-15H,5H2,1-4H3,(H,26,27)(H2,24,25,28). The molecule has 0 bridgehead atoms. The lowest BCUT2D eigenvalue weighted by Crippen LogP contribution is -2.42. The van der Waals surface area contributed by atoms with Crippen LogP contribution in [0.2, 0.25) is 0 Å². The van der Waals surface area contributed by atoms with Gasteiger partial charge in [-0.15, -0.1) is 0 Å². The number of benzene rings is 2. The highest BCUT2D eigenvalue weighted by atomic mass is 16.3. The van der Waals surface area contributed by atoms with Crippen molar-refractivity contribution in [2.45, 2.75) is 45.7 Å². The van der Waals surface area contributed by atoms with Crippen LogP contribution in [0.15, 0.2) is 59.0 Å². The van der Waals surface area contributed by atoms with Gasteiger partial charge in [0.1, 0.15) is 11.3 Å². The molecule has 2 aromatic carbocycles. The van der Waals surface area contributed by atoms with Crippen LogP contribution in [0, 0.1) is 0 Å². The minimum absolute atomic E-state index is 0.133.